The molecule has 88 valence electrons. The first-order valence-corrected chi connectivity index (χ1v) is 6.22. The van der Waals surface area contributed by atoms with Crippen LogP contribution in [0.15, 0.2) is 22.7 Å². The van der Waals surface area contributed by atoms with Crippen LogP contribution in [-0.2, 0) is 4.79 Å². The molecule has 0 saturated carbocycles. The van der Waals surface area contributed by atoms with Crippen LogP contribution in [0, 0.1) is 0 Å². The maximum atomic E-state index is 10.6. The monoisotopic (exact) mass is 284 g/mol. The summed E-state index contributed by atoms with van der Waals surface area (Å²) in [5.74, 6) is -0.232. The van der Waals surface area contributed by atoms with Crippen LogP contribution >= 0.6 is 15.9 Å². The smallest absolute Gasteiger partial charge is 0.303 e. The van der Waals surface area contributed by atoms with E-state index in [4.69, 9.17) is 5.11 Å². The first-order chi connectivity index (χ1) is 7.41. The predicted octanol–water partition coefficient (Wildman–Crippen LogP) is 4.15. The van der Waals surface area contributed by atoms with Crippen LogP contribution in [0.4, 0.5) is 0 Å². The number of benzene rings is 1. The van der Waals surface area contributed by atoms with E-state index in [1.165, 1.54) is 5.56 Å². The van der Waals surface area contributed by atoms with Gasteiger partial charge in [0.2, 0.25) is 0 Å². The molecule has 0 aliphatic rings. The van der Waals surface area contributed by atoms with Crippen molar-refractivity contribution in [2.24, 2.45) is 0 Å². The normalized spacial score (nSPS) is 12.8. The first kappa shape index (κ1) is 13.2. The van der Waals surface area contributed by atoms with E-state index in [1.54, 1.807) is 0 Å². The zero-order valence-electron chi connectivity index (χ0n) is 9.83. The minimum atomic E-state index is -0.753. The van der Waals surface area contributed by atoms with E-state index in [2.05, 4.69) is 35.8 Å². The Morgan fingerprint density at radius 3 is 2.44 bits per heavy atom. The Morgan fingerprint density at radius 1 is 1.38 bits per heavy atom. The van der Waals surface area contributed by atoms with Gasteiger partial charge in [-0.25, -0.2) is 0 Å². The lowest BCUT2D eigenvalue weighted by molar-refractivity contribution is -0.137. The highest BCUT2D eigenvalue weighted by Crippen LogP contribution is 2.29. The van der Waals surface area contributed by atoms with Gasteiger partial charge in [-0.3, -0.25) is 4.79 Å². The third kappa shape index (κ3) is 3.34. The van der Waals surface area contributed by atoms with Crippen LogP contribution in [0.25, 0.3) is 0 Å². The van der Waals surface area contributed by atoms with Crippen molar-refractivity contribution < 1.29 is 9.90 Å². The number of hydrogen-bond donors (Lipinski definition) is 1. The zero-order chi connectivity index (χ0) is 12.3. The topological polar surface area (TPSA) is 37.3 Å². The first-order valence-electron chi connectivity index (χ1n) is 5.43. The molecule has 1 rings (SSSR count). The van der Waals surface area contributed by atoms with Crippen molar-refractivity contribution in [1.82, 2.24) is 0 Å². The Kier molecular flexibility index (Phi) is 4.54. The summed E-state index contributed by atoms with van der Waals surface area (Å²) in [5.41, 5.74) is 2.32. The predicted molar refractivity (Wildman–Crippen MR) is 68.9 cm³/mol. The summed E-state index contributed by atoms with van der Waals surface area (Å²) in [6, 6.07) is 6.12. The molecule has 0 amide bonds. The molecule has 0 aliphatic carbocycles. The van der Waals surface area contributed by atoms with Crippen LogP contribution in [-0.4, -0.2) is 11.1 Å². The van der Waals surface area contributed by atoms with Crippen LogP contribution in [0.2, 0.25) is 0 Å². The van der Waals surface area contributed by atoms with Crippen LogP contribution in [0.1, 0.15) is 50.2 Å². The average Bonchev–Trinajstić information content (AvgIpc) is 2.15. The van der Waals surface area contributed by atoms with Gasteiger partial charge in [0.1, 0.15) is 0 Å². The fourth-order valence-corrected chi connectivity index (χ4v) is 2.55. The number of aliphatic carboxylic acids is 1. The van der Waals surface area contributed by atoms with E-state index in [1.807, 2.05) is 19.1 Å². The highest BCUT2D eigenvalue weighted by molar-refractivity contribution is 9.10. The lowest BCUT2D eigenvalue weighted by atomic mass is 9.94. The summed E-state index contributed by atoms with van der Waals surface area (Å²) in [7, 11) is 0. The van der Waals surface area contributed by atoms with Gasteiger partial charge >= 0.3 is 5.97 Å². The highest BCUT2D eigenvalue weighted by Gasteiger charge is 2.12. The molecule has 1 N–H and O–H groups in total. The van der Waals surface area contributed by atoms with Crippen molar-refractivity contribution in [3.05, 3.63) is 33.8 Å². The van der Waals surface area contributed by atoms with Gasteiger partial charge < -0.3 is 5.11 Å². The molecule has 0 aliphatic heterocycles. The van der Waals surface area contributed by atoms with Gasteiger partial charge in [-0.1, -0.05) is 48.8 Å². The third-order valence-electron chi connectivity index (χ3n) is 2.70. The standard InChI is InChI=1S/C13H17BrO2/c1-8(2)11-5-4-10(7-12(11)14)9(3)6-13(15)16/h4-5,7-9H,6H2,1-3H3,(H,15,16). The summed E-state index contributed by atoms with van der Waals surface area (Å²) < 4.78 is 1.07. The Labute approximate surface area is 105 Å². The largest absolute Gasteiger partial charge is 0.481 e. The number of hydrogen-bond acceptors (Lipinski definition) is 1. The Balaban J connectivity index is 2.92. The van der Waals surface area contributed by atoms with Gasteiger partial charge in [-0.15, -0.1) is 0 Å². The minimum absolute atomic E-state index is 0.0509. The lowest BCUT2D eigenvalue weighted by Crippen LogP contribution is -2.03. The summed E-state index contributed by atoms with van der Waals surface area (Å²) >= 11 is 3.53. The molecule has 2 nitrogen and oxygen atoms in total. The number of rotatable bonds is 4. The van der Waals surface area contributed by atoms with E-state index >= 15 is 0 Å². The molecule has 1 atom stereocenters. The fraction of sp³-hybridized carbons (Fsp3) is 0.462. The van der Waals surface area contributed by atoms with Gasteiger partial charge in [0.15, 0.2) is 0 Å². The summed E-state index contributed by atoms with van der Waals surface area (Å²) in [6.07, 6.45) is 0.174. The van der Waals surface area contributed by atoms with E-state index in [9.17, 15) is 4.79 Å². The zero-order valence-corrected chi connectivity index (χ0v) is 11.4. The Morgan fingerprint density at radius 2 is 2.00 bits per heavy atom. The molecule has 0 saturated heterocycles. The minimum Gasteiger partial charge on any atom is -0.481 e. The molecule has 1 aromatic carbocycles. The Hall–Kier alpha value is -0.830. The van der Waals surface area contributed by atoms with E-state index in [0.717, 1.165) is 10.0 Å². The van der Waals surface area contributed by atoms with Gasteiger partial charge in [0.05, 0.1) is 6.42 Å². The third-order valence-corrected chi connectivity index (χ3v) is 3.38. The molecule has 0 heterocycles. The average molecular weight is 285 g/mol. The number of halogens is 1. The molecule has 1 aromatic rings. The molecule has 0 radical (unpaired) electrons. The number of carboxylic acid groups (broad SMARTS) is 1. The van der Waals surface area contributed by atoms with Crippen molar-refractivity contribution in [2.75, 3.05) is 0 Å². The maximum absolute atomic E-state index is 10.6. The van der Waals surface area contributed by atoms with E-state index in [-0.39, 0.29) is 12.3 Å². The number of carbonyl (C=O) groups is 1. The summed E-state index contributed by atoms with van der Waals surface area (Å²) in [5, 5.41) is 8.75. The molecule has 0 bridgehead atoms. The molecular formula is C13H17BrO2. The molecule has 0 spiro atoms. The van der Waals surface area contributed by atoms with Gasteiger partial charge in [-0.05, 0) is 29.0 Å². The summed E-state index contributed by atoms with van der Waals surface area (Å²) in [4.78, 5) is 10.6. The van der Waals surface area contributed by atoms with Gasteiger partial charge in [-0.2, -0.15) is 0 Å². The fourth-order valence-electron chi connectivity index (χ4n) is 1.70. The van der Waals surface area contributed by atoms with Crippen LogP contribution in [0.5, 0.6) is 0 Å². The second-order valence-electron chi connectivity index (χ2n) is 4.43. The van der Waals surface area contributed by atoms with Crippen molar-refractivity contribution in [2.45, 2.75) is 39.0 Å². The second kappa shape index (κ2) is 5.48. The number of carboxylic acids is 1. The molecular weight excluding hydrogens is 268 g/mol. The van der Waals surface area contributed by atoms with Gasteiger partial charge in [0.25, 0.3) is 0 Å². The molecule has 16 heavy (non-hydrogen) atoms. The second-order valence-corrected chi connectivity index (χ2v) is 5.29. The van der Waals surface area contributed by atoms with Crippen LogP contribution in [0.3, 0.4) is 0 Å². The Bertz CT molecular complexity index is 386. The van der Waals surface area contributed by atoms with E-state index < -0.39 is 5.97 Å². The van der Waals surface area contributed by atoms with Crippen LogP contribution < -0.4 is 0 Å². The maximum Gasteiger partial charge on any atom is 0.303 e. The van der Waals surface area contributed by atoms with Crippen molar-refractivity contribution in [1.29, 1.82) is 0 Å². The van der Waals surface area contributed by atoms with E-state index in [0.29, 0.717) is 5.92 Å². The quantitative estimate of drug-likeness (QED) is 0.902. The van der Waals surface area contributed by atoms with Crippen molar-refractivity contribution in [3.8, 4) is 0 Å². The van der Waals surface area contributed by atoms with Gasteiger partial charge in [0, 0.05) is 4.47 Å². The van der Waals surface area contributed by atoms with Crippen molar-refractivity contribution >= 4 is 21.9 Å². The SMILES string of the molecule is CC(C)c1ccc(C(C)CC(=O)O)cc1Br. The molecule has 1 unspecified atom stereocenters. The lowest BCUT2D eigenvalue weighted by Gasteiger charge is -2.13. The molecule has 0 fully saturated rings. The molecule has 3 heteroatoms. The van der Waals surface area contributed by atoms with Crippen molar-refractivity contribution in [3.63, 3.8) is 0 Å². The molecule has 0 aromatic heterocycles. The summed E-state index contributed by atoms with van der Waals surface area (Å²) in [6.45, 7) is 6.21. The highest BCUT2D eigenvalue weighted by atomic mass is 79.9.